The molecule has 0 spiro atoms. The zero-order valence-electron chi connectivity index (χ0n) is 10.1. The topological polar surface area (TPSA) is 26.0 Å². The summed E-state index contributed by atoms with van der Waals surface area (Å²) in [6, 6.07) is 8.87. The summed E-state index contributed by atoms with van der Waals surface area (Å²) in [7, 11) is 0. The van der Waals surface area contributed by atoms with Gasteiger partial charge in [-0.1, -0.05) is 37.5 Å². The Morgan fingerprint density at radius 3 is 2.71 bits per heavy atom. The van der Waals surface area contributed by atoms with E-state index in [0.717, 1.165) is 0 Å². The first-order valence-corrected chi connectivity index (χ1v) is 7.46. The SMILES string of the molecule is NC(c1csc2ccccc12)C1CCCCC1. The second kappa shape index (κ2) is 4.79. The maximum Gasteiger partial charge on any atom is 0.0346 e. The van der Waals surface area contributed by atoms with Crippen LogP contribution in [0.5, 0.6) is 0 Å². The van der Waals surface area contributed by atoms with Gasteiger partial charge in [-0.25, -0.2) is 0 Å². The van der Waals surface area contributed by atoms with Crippen molar-refractivity contribution in [1.29, 1.82) is 0 Å². The van der Waals surface area contributed by atoms with Gasteiger partial charge in [0.15, 0.2) is 0 Å². The lowest BCUT2D eigenvalue weighted by Gasteiger charge is -2.27. The molecule has 0 aliphatic heterocycles. The van der Waals surface area contributed by atoms with Crippen LogP contribution in [-0.4, -0.2) is 0 Å². The van der Waals surface area contributed by atoms with E-state index in [-0.39, 0.29) is 6.04 Å². The Balaban J connectivity index is 1.92. The first-order valence-electron chi connectivity index (χ1n) is 6.58. The highest BCUT2D eigenvalue weighted by Gasteiger charge is 2.23. The van der Waals surface area contributed by atoms with Gasteiger partial charge in [0.1, 0.15) is 0 Å². The maximum atomic E-state index is 6.49. The van der Waals surface area contributed by atoms with Gasteiger partial charge in [-0.05, 0) is 41.2 Å². The van der Waals surface area contributed by atoms with E-state index in [4.69, 9.17) is 5.73 Å². The van der Waals surface area contributed by atoms with Crippen LogP contribution in [0.3, 0.4) is 0 Å². The molecule has 1 saturated carbocycles. The zero-order valence-corrected chi connectivity index (χ0v) is 10.9. The number of rotatable bonds is 2. The lowest BCUT2D eigenvalue weighted by atomic mass is 9.81. The third-order valence-electron chi connectivity index (χ3n) is 4.03. The van der Waals surface area contributed by atoms with Crippen molar-refractivity contribution in [2.75, 3.05) is 0 Å². The van der Waals surface area contributed by atoms with Gasteiger partial charge in [-0.3, -0.25) is 0 Å². The first kappa shape index (κ1) is 11.2. The largest absolute Gasteiger partial charge is 0.324 e. The molecule has 1 aromatic heterocycles. The number of thiophene rings is 1. The average molecular weight is 245 g/mol. The summed E-state index contributed by atoms with van der Waals surface area (Å²) in [5, 5.41) is 3.64. The highest BCUT2D eigenvalue weighted by Crippen LogP contribution is 2.37. The third kappa shape index (κ3) is 2.12. The predicted octanol–water partition coefficient (Wildman–Crippen LogP) is 4.48. The van der Waals surface area contributed by atoms with E-state index < -0.39 is 0 Å². The first-order chi connectivity index (χ1) is 8.36. The van der Waals surface area contributed by atoms with Crippen LogP contribution in [0.2, 0.25) is 0 Å². The van der Waals surface area contributed by atoms with Gasteiger partial charge in [-0.2, -0.15) is 0 Å². The Labute approximate surface area is 107 Å². The summed E-state index contributed by atoms with van der Waals surface area (Å²) < 4.78 is 1.37. The normalized spacial score (nSPS) is 19.6. The van der Waals surface area contributed by atoms with Crippen LogP contribution in [0, 0.1) is 5.92 Å². The van der Waals surface area contributed by atoms with E-state index in [1.807, 2.05) is 11.3 Å². The Bertz CT molecular complexity index is 496. The van der Waals surface area contributed by atoms with Crippen molar-refractivity contribution in [1.82, 2.24) is 0 Å². The van der Waals surface area contributed by atoms with Crippen molar-refractivity contribution in [3.63, 3.8) is 0 Å². The minimum absolute atomic E-state index is 0.242. The van der Waals surface area contributed by atoms with Gasteiger partial charge >= 0.3 is 0 Å². The van der Waals surface area contributed by atoms with Gasteiger partial charge in [0.05, 0.1) is 0 Å². The number of nitrogens with two attached hydrogens (primary N) is 1. The molecule has 1 aliphatic carbocycles. The molecule has 2 aromatic rings. The standard InChI is InChI=1S/C15H19NS/c16-15(11-6-2-1-3-7-11)13-10-17-14-9-5-4-8-12(13)14/h4-5,8-11,15H,1-3,6-7,16H2. The quantitative estimate of drug-likeness (QED) is 0.829. The van der Waals surface area contributed by atoms with Crippen molar-refractivity contribution in [2.24, 2.45) is 11.7 Å². The molecule has 1 aliphatic rings. The van der Waals surface area contributed by atoms with Crippen molar-refractivity contribution < 1.29 is 0 Å². The molecular formula is C15H19NS. The molecule has 3 rings (SSSR count). The summed E-state index contributed by atoms with van der Waals surface area (Å²) in [5.74, 6) is 0.696. The summed E-state index contributed by atoms with van der Waals surface area (Å²) in [6.07, 6.45) is 6.74. The molecule has 90 valence electrons. The summed E-state index contributed by atoms with van der Waals surface area (Å²) in [5.41, 5.74) is 7.86. The second-order valence-electron chi connectivity index (χ2n) is 5.11. The van der Waals surface area contributed by atoms with E-state index in [0.29, 0.717) is 5.92 Å². The molecule has 2 heteroatoms. The fourth-order valence-corrected chi connectivity index (χ4v) is 4.01. The van der Waals surface area contributed by atoms with Crippen LogP contribution in [0.25, 0.3) is 10.1 Å². The van der Waals surface area contributed by atoms with Crippen molar-refractivity contribution in [3.8, 4) is 0 Å². The highest BCUT2D eigenvalue weighted by molar-refractivity contribution is 7.17. The molecule has 2 N–H and O–H groups in total. The van der Waals surface area contributed by atoms with Gasteiger partial charge in [0.2, 0.25) is 0 Å². The molecule has 0 saturated heterocycles. The molecule has 0 amide bonds. The number of benzene rings is 1. The minimum Gasteiger partial charge on any atom is -0.324 e. The number of fused-ring (bicyclic) bond motifs is 1. The summed E-state index contributed by atoms with van der Waals surface area (Å²) in [6.45, 7) is 0. The molecule has 0 bridgehead atoms. The fraction of sp³-hybridized carbons (Fsp3) is 0.467. The van der Waals surface area contributed by atoms with E-state index in [9.17, 15) is 0 Å². The van der Waals surface area contributed by atoms with Gasteiger partial charge in [0, 0.05) is 10.7 Å². The maximum absolute atomic E-state index is 6.49. The predicted molar refractivity (Wildman–Crippen MR) is 75.3 cm³/mol. The minimum atomic E-state index is 0.242. The average Bonchev–Trinajstić information content (AvgIpc) is 2.83. The molecule has 1 atom stereocenters. The van der Waals surface area contributed by atoms with Gasteiger partial charge < -0.3 is 5.73 Å². The molecular weight excluding hydrogens is 226 g/mol. The Morgan fingerprint density at radius 2 is 1.88 bits per heavy atom. The summed E-state index contributed by atoms with van der Waals surface area (Å²) >= 11 is 1.83. The van der Waals surface area contributed by atoms with Crippen LogP contribution in [0.4, 0.5) is 0 Å². The van der Waals surface area contributed by atoms with Crippen LogP contribution in [0.15, 0.2) is 29.6 Å². The van der Waals surface area contributed by atoms with E-state index >= 15 is 0 Å². The molecule has 1 fully saturated rings. The van der Waals surface area contributed by atoms with E-state index in [2.05, 4.69) is 29.6 Å². The van der Waals surface area contributed by atoms with Crippen LogP contribution >= 0.6 is 11.3 Å². The smallest absolute Gasteiger partial charge is 0.0346 e. The number of hydrogen-bond acceptors (Lipinski definition) is 2. The summed E-state index contributed by atoms with van der Waals surface area (Å²) in [4.78, 5) is 0. The van der Waals surface area contributed by atoms with Crippen LogP contribution < -0.4 is 5.73 Å². The lowest BCUT2D eigenvalue weighted by molar-refractivity contribution is 0.309. The Kier molecular flexibility index (Phi) is 3.17. The highest BCUT2D eigenvalue weighted by atomic mass is 32.1. The molecule has 1 unspecified atom stereocenters. The van der Waals surface area contributed by atoms with Crippen molar-refractivity contribution in [2.45, 2.75) is 38.1 Å². The third-order valence-corrected chi connectivity index (χ3v) is 5.01. The van der Waals surface area contributed by atoms with Crippen molar-refractivity contribution >= 4 is 21.4 Å². The van der Waals surface area contributed by atoms with Gasteiger partial charge in [0.25, 0.3) is 0 Å². The second-order valence-corrected chi connectivity index (χ2v) is 6.02. The number of hydrogen-bond donors (Lipinski definition) is 1. The van der Waals surface area contributed by atoms with Crippen LogP contribution in [-0.2, 0) is 0 Å². The Morgan fingerprint density at radius 1 is 1.12 bits per heavy atom. The van der Waals surface area contributed by atoms with Crippen LogP contribution in [0.1, 0.15) is 43.7 Å². The molecule has 0 radical (unpaired) electrons. The lowest BCUT2D eigenvalue weighted by Crippen LogP contribution is -2.23. The van der Waals surface area contributed by atoms with E-state index in [1.165, 1.54) is 47.8 Å². The molecule has 1 nitrogen and oxygen atoms in total. The van der Waals surface area contributed by atoms with Crippen molar-refractivity contribution in [3.05, 3.63) is 35.2 Å². The zero-order chi connectivity index (χ0) is 11.7. The molecule has 1 heterocycles. The van der Waals surface area contributed by atoms with E-state index in [1.54, 1.807) is 0 Å². The Hall–Kier alpha value is -0.860. The fourth-order valence-electron chi connectivity index (χ4n) is 3.00. The monoisotopic (exact) mass is 245 g/mol. The molecule has 17 heavy (non-hydrogen) atoms. The van der Waals surface area contributed by atoms with Gasteiger partial charge in [-0.15, -0.1) is 11.3 Å². The molecule has 1 aromatic carbocycles.